The summed E-state index contributed by atoms with van der Waals surface area (Å²) < 4.78 is 0.996. The van der Waals surface area contributed by atoms with Crippen molar-refractivity contribution >= 4 is 61.8 Å². The molecule has 0 bridgehead atoms. The summed E-state index contributed by atoms with van der Waals surface area (Å²) in [6, 6.07) is 25.2. The van der Waals surface area contributed by atoms with Crippen molar-refractivity contribution in [2.75, 3.05) is 11.1 Å². The van der Waals surface area contributed by atoms with Crippen molar-refractivity contribution in [3.05, 3.63) is 106 Å². The van der Waals surface area contributed by atoms with Crippen LogP contribution in [0.4, 0.5) is 17.2 Å². The Hall–Kier alpha value is -3.95. The van der Waals surface area contributed by atoms with Crippen molar-refractivity contribution in [3.8, 4) is 0 Å². The van der Waals surface area contributed by atoms with E-state index < -0.39 is 0 Å². The quantitative estimate of drug-likeness (QED) is 0.161. The van der Waals surface area contributed by atoms with Crippen molar-refractivity contribution < 1.29 is 4.79 Å². The number of fused-ring (bicyclic) bond motifs is 1. The monoisotopic (exact) mass is 598 g/mol. The van der Waals surface area contributed by atoms with E-state index in [0.717, 1.165) is 36.6 Å². The molecular formula is C30H27BrN6OS. The van der Waals surface area contributed by atoms with E-state index in [1.165, 1.54) is 6.33 Å². The van der Waals surface area contributed by atoms with Crippen LogP contribution in [0, 0.1) is 0 Å². The number of nitrogens with one attached hydrogen (secondary N) is 2. The minimum absolute atomic E-state index is 0.166. The first kappa shape index (κ1) is 26.6. The van der Waals surface area contributed by atoms with E-state index in [-0.39, 0.29) is 11.8 Å². The van der Waals surface area contributed by atoms with Crippen molar-refractivity contribution in [1.29, 1.82) is 0 Å². The second kappa shape index (κ2) is 11.8. The van der Waals surface area contributed by atoms with Gasteiger partial charge in [0.2, 0.25) is 0 Å². The molecule has 9 heteroatoms. The van der Waals surface area contributed by atoms with Gasteiger partial charge in [-0.25, -0.2) is 15.0 Å². The van der Waals surface area contributed by atoms with Gasteiger partial charge in [-0.15, -0.1) is 0 Å². The third-order valence-electron chi connectivity index (χ3n) is 6.08. The molecule has 5 aromatic rings. The number of anilines is 3. The van der Waals surface area contributed by atoms with Gasteiger partial charge >= 0.3 is 0 Å². The fraction of sp³-hybridized carbons (Fsp3) is 0.133. The topological polar surface area (TPSA) is 106 Å². The van der Waals surface area contributed by atoms with Crippen LogP contribution in [0.3, 0.4) is 0 Å². The summed E-state index contributed by atoms with van der Waals surface area (Å²) in [5, 5.41) is 7.26. The predicted octanol–water partition coefficient (Wildman–Crippen LogP) is 7.32. The molecule has 2 heterocycles. The molecule has 0 fully saturated rings. The first-order valence-electron chi connectivity index (χ1n) is 12.4. The van der Waals surface area contributed by atoms with Crippen LogP contribution in [0.1, 0.15) is 41.4 Å². The van der Waals surface area contributed by atoms with Gasteiger partial charge in [0.15, 0.2) is 5.65 Å². The van der Waals surface area contributed by atoms with Gasteiger partial charge in [-0.05, 0) is 78.2 Å². The summed E-state index contributed by atoms with van der Waals surface area (Å²) in [5.74, 6) is 0.742. The van der Waals surface area contributed by atoms with Gasteiger partial charge in [0.1, 0.15) is 12.1 Å². The Labute approximate surface area is 239 Å². The lowest BCUT2D eigenvalue weighted by molar-refractivity contribution is 0.0951. The zero-order valence-corrected chi connectivity index (χ0v) is 23.9. The Kier molecular flexibility index (Phi) is 8.09. The molecule has 7 nitrogen and oxygen atoms in total. The summed E-state index contributed by atoms with van der Waals surface area (Å²) in [6.07, 6.45) is 1.50. The van der Waals surface area contributed by atoms with Crippen LogP contribution in [0.15, 0.2) is 99.5 Å². The summed E-state index contributed by atoms with van der Waals surface area (Å²) >= 11 is 5.01. The highest BCUT2D eigenvalue weighted by Gasteiger charge is 2.14. The minimum Gasteiger partial charge on any atom is -0.399 e. The molecule has 0 saturated heterocycles. The molecule has 2 aromatic heterocycles. The molecule has 0 unspecified atom stereocenters. The first-order chi connectivity index (χ1) is 18.9. The number of nitrogens with two attached hydrogens (primary N) is 1. The average Bonchev–Trinajstić information content (AvgIpc) is 2.94. The molecule has 39 heavy (non-hydrogen) atoms. The number of halogens is 1. The van der Waals surface area contributed by atoms with Crippen LogP contribution in [-0.4, -0.2) is 20.9 Å². The molecule has 0 spiro atoms. The second-order valence-electron chi connectivity index (χ2n) is 9.30. The lowest BCUT2D eigenvalue weighted by atomic mass is 10.1. The molecule has 0 radical (unpaired) electrons. The maximum Gasteiger partial charge on any atom is 0.251 e. The number of benzene rings is 3. The zero-order chi connectivity index (χ0) is 27.4. The van der Waals surface area contributed by atoms with E-state index in [2.05, 4.69) is 50.4 Å². The Morgan fingerprint density at radius 1 is 0.974 bits per heavy atom. The normalized spacial score (nSPS) is 11.1. The number of carbonyl (C=O) groups is 1. The SMILES string of the molecule is CC(C)c1ccc2c(Nc3cc(C(=O)NCc4ccc(Br)cc4)ccc3Sc3ccc(N)cc3)ncnc2n1. The van der Waals surface area contributed by atoms with Crippen molar-refractivity contribution in [1.82, 2.24) is 20.3 Å². The Morgan fingerprint density at radius 3 is 2.49 bits per heavy atom. The number of pyridine rings is 1. The predicted molar refractivity (Wildman–Crippen MR) is 161 cm³/mol. The molecule has 1 amide bonds. The molecule has 0 aliphatic rings. The third-order valence-corrected chi connectivity index (χ3v) is 7.69. The summed E-state index contributed by atoms with van der Waals surface area (Å²) in [6.45, 7) is 4.63. The number of aromatic nitrogens is 3. The lowest BCUT2D eigenvalue weighted by Crippen LogP contribution is -2.22. The fourth-order valence-corrected chi connectivity index (χ4v) is 5.06. The highest BCUT2D eigenvalue weighted by Crippen LogP contribution is 2.36. The third kappa shape index (κ3) is 6.55. The van der Waals surface area contributed by atoms with E-state index >= 15 is 0 Å². The van der Waals surface area contributed by atoms with Crippen LogP contribution < -0.4 is 16.4 Å². The molecule has 0 aliphatic heterocycles. The standard InChI is InChI=1S/C30H27BrN6OS/c1-18(2)25-13-12-24-28(36-25)34-17-35-29(24)37-26-15-20(30(38)33-16-19-3-6-21(31)7-4-19)5-14-27(26)39-23-10-8-22(32)9-11-23/h3-15,17-18H,16,32H2,1-2H3,(H,33,38)(H,34,35,36,37). The minimum atomic E-state index is -0.166. The van der Waals surface area contributed by atoms with E-state index in [4.69, 9.17) is 10.7 Å². The van der Waals surface area contributed by atoms with Crippen LogP contribution in [0.25, 0.3) is 11.0 Å². The Bertz CT molecular complexity index is 1620. The van der Waals surface area contributed by atoms with Gasteiger partial charge in [0.25, 0.3) is 5.91 Å². The first-order valence-corrected chi connectivity index (χ1v) is 14.1. The maximum absolute atomic E-state index is 13.1. The average molecular weight is 600 g/mol. The number of nitrogens with zero attached hydrogens (tertiary/aromatic N) is 3. The smallest absolute Gasteiger partial charge is 0.251 e. The molecule has 5 rings (SSSR count). The Balaban J connectivity index is 1.46. The summed E-state index contributed by atoms with van der Waals surface area (Å²) in [4.78, 5) is 28.7. The molecule has 0 atom stereocenters. The number of hydrogen-bond donors (Lipinski definition) is 3. The Morgan fingerprint density at radius 2 is 1.74 bits per heavy atom. The van der Waals surface area contributed by atoms with Crippen LogP contribution in [-0.2, 0) is 6.54 Å². The number of nitrogen functional groups attached to an aromatic ring is 1. The number of hydrogen-bond acceptors (Lipinski definition) is 7. The van der Waals surface area contributed by atoms with Crippen molar-refractivity contribution in [2.24, 2.45) is 0 Å². The van der Waals surface area contributed by atoms with Gasteiger partial charge in [-0.1, -0.05) is 53.7 Å². The van der Waals surface area contributed by atoms with Crippen LogP contribution in [0.2, 0.25) is 0 Å². The number of amides is 1. The van der Waals surface area contributed by atoms with Gasteiger partial charge in [-0.2, -0.15) is 0 Å². The van der Waals surface area contributed by atoms with Crippen molar-refractivity contribution in [2.45, 2.75) is 36.1 Å². The highest BCUT2D eigenvalue weighted by molar-refractivity contribution is 9.10. The van der Waals surface area contributed by atoms with Crippen molar-refractivity contribution in [3.63, 3.8) is 0 Å². The van der Waals surface area contributed by atoms with Gasteiger partial charge in [0, 0.05) is 37.8 Å². The molecule has 4 N–H and O–H groups in total. The maximum atomic E-state index is 13.1. The van der Waals surface area contributed by atoms with E-state index in [9.17, 15) is 4.79 Å². The lowest BCUT2D eigenvalue weighted by Gasteiger charge is -2.15. The van der Waals surface area contributed by atoms with Gasteiger partial charge in [0.05, 0.1) is 11.1 Å². The molecule has 196 valence electrons. The highest BCUT2D eigenvalue weighted by atomic mass is 79.9. The molecular weight excluding hydrogens is 572 g/mol. The molecule has 0 saturated carbocycles. The van der Waals surface area contributed by atoms with Gasteiger partial charge < -0.3 is 16.4 Å². The molecule has 0 aliphatic carbocycles. The van der Waals surface area contributed by atoms with Crippen LogP contribution in [0.5, 0.6) is 0 Å². The number of rotatable bonds is 8. The van der Waals surface area contributed by atoms with E-state index in [1.807, 2.05) is 78.9 Å². The van der Waals surface area contributed by atoms with Gasteiger partial charge in [-0.3, -0.25) is 4.79 Å². The fourth-order valence-electron chi connectivity index (χ4n) is 3.91. The van der Waals surface area contributed by atoms with E-state index in [1.54, 1.807) is 11.8 Å². The summed E-state index contributed by atoms with van der Waals surface area (Å²) in [5.41, 5.74) is 10.5. The number of carbonyl (C=O) groups excluding carboxylic acids is 1. The van der Waals surface area contributed by atoms with Crippen LogP contribution >= 0.6 is 27.7 Å². The zero-order valence-electron chi connectivity index (χ0n) is 21.5. The largest absolute Gasteiger partial charge is 0.399 e. The molecule has 3 aromatic carbocycles. The second-order valence-corrected chi connectivity index (χ2v) is 11.3. The van der Waals surface area contributed by atoms with E-state index in [0.29, 0.717) is 29.3 Å². The summed E-state index contributed by atoms with van der Waals surface area (Å²) in [7, 11) is 0.